The third-order valence-electron chi connectivity index (χ3n) is 3.98. The van der Waals surface area contributed by atoms with Crippen LogP contribution >= 0.6 is 0 Å². The molecule has 1 unspecified atom stereocenters. The van der Waals surface area contributed by atoms with Crippen molar-refractivity contribution in [3.63, 3.8) is 0 Å². The maximum absolute atomic E-state index is 13.0. The van der Waals surface area contributed by atoms with Crippen LogP contribution < -0.4 is 5.32 Å². The van der Waals surface area contributed by atoms with Crippen LogP contribution in [-0.2, 0) is 10.0 Å². The summed E-state index contributed by atoms with van der Waals surface area (Å²) in [5.74, 6) is 0. The molecule has 2 rings (SSSR count). The number of pyridine rings is 1. The molecule has 1 aliphatic heterocycles. The molecule has 118 valence electrons. The fourth-order valence-corrected chi connectivity index (χ4v) is 4.70. The van der Waals surface area contributed by atoms with Gasteiger partial charge in [-0.25, -0.2) is 8.42 Å². The number of nitrogens with zero attached hydrogens (tertiary/aromatic N) is 2. The van der Waals surface area contributed by atoms with Gasteiger partial charge >= 0.3 is 0 Å². The van der Waals surface area contributed by atoms with E-state index in [0.717, 1.165) is 38.6 Å². The van der Waals surface area contributed by atoms with Gasteiger partial charge in [0, 0.05) is 31.5 Å². The van der Waals surface area contributed by atoms with E-state index in [9.17, 15) is 8.42 Å². The van der Waals surface area contributed by atoms with Gasteiger partial charge in [-0.05, 0) is 31.7 Å². The van der Waals surface area contributed by atoms with Crippen LogP contribution in [0.1, 0.15) is 46.0 Å². The summed E-state index contributed by atoms with van der Waals surface area (Å²) in [6.07, 6.45) is 7.90. The summed E-state index contributed by atoms with van der Waals surface area (Å²) in [7, 11) is -3.48. The maximum atomic E-state index is 13.0. The molecule has 1 atom stereocenters. The molecule has 0 bridgehead atoms. The van der Waals surface area contributed by atoms with Crippen molar-refractivity contribution in [3.05, 3.63) is 18.5 Å². The zero-order chi connectivity index (χ0) is 15.3. The van der Waals surface area contributed by atoms with E-state index in [1.807, 2.05) is 0 Å². The first kappa shape index (κ1) is 16.2. The van der Waals surface area contributed by atoms with E-state index in [-0.39, 0.29) is 6.04 Å². The molecule has 1 fully saturated rings. The summed E-state index contributed by atoms with van der Waals surface area (Å²) in [5, 5.41) is 3.20. The smallest absolute Gasteiger partial charge is 0.246 e. The fraction of sp³-hybridized carbons (Fsp3) is 0.667. The van der Waals surface area contributed by atoms with Crippen molar-refractivity contribution in [3.8, 4) is 0 Å². The Balaban J connectivity index is 2.34. The molecule has 1 aliphatic rings. The van der Waals surface area contributed by atoms with Gasteiger partial charge < -0.3 is 5.32 Å². The van der Waals surface area contributed by atoms with Crippen LogP contribution in [0.5, 0.6) is 0 Å². The number of rotatable bonds is 6. The molecule has 0 aliphatic carbocycles. The number of nitrogens with one attached hydrogen (secondary N) is 1. The first-order valence-electron chi connectivity index (χ1n) is 7.81. The first-order valence-corrected chi connectivity index (χ1v) is 9.25. The number of hydrogen-bond acceptors (Lipinski definition) is 4. The zero-order valence-corrected chi connectivity index (χ0v) is 13.7. The van der Waals surface area contributed by atoms with Crippen LogP contribution in [0.2, 0.25) is 0 Å². The van der Waals surface area contributed by atoms with Gasteiger partial charge in [-0.15, -0.1) is 0 Å². The molecule has 1 saturated heterocycles. The van der Waals surface area contributed by atoms with Gasteiger partial charge in [0.05, 0.1) is 5.69 Å². The second kappa shape index (κ2) is 7.22. The van der Waals surface area contributed by atoms with Gasteiger partial charge in [0.25, 0.3) is 0 Å². The van der Waals surface area contributed by atoms with Crippen LogP contribution in [0.25, 0.3) is 0 Å². The van der Waals surface area contributed by atoms with Gasteiger partial charge in [0.15, 0.2) is 0 Å². The predicted molar refractivity (Wildman–Crippen MR) is 84.8 cm³/mol. The van der Waals surface area contributed by atoms with E-state index < -0.39 is 10.0 Å². The molecule has 1 N–H and O–H groups in total. The van der Waals surface area contributed by atoms with E-state index in [1.165, 1.54) is 6.20 Å². The lowest BCUT2D eigenvalue weighted by molar-refractivity contribution is 0.246. The van der Waals surface area contributed by atoms with Crippen LogP contribution in [0, 0.1) is 0 Å². The number of piperidine rings is 1. The Labute approximate surface area is 127 Å². The largest absolute Gasteiger partial charge is 0.384 e. The van der Waals surface area contributed by atoms with Crippen molar-refractivity contribution in [2.75, 3.05) is 18.4 Å². The molecule has 0 spiro atoms. The summed E-state index contributed by atoms with van der Waals surface area (Å²) in [6.45, 7) is 5.48. The van der Waals surface area contributed by atoms with E-state index >= 15 is 0 Å². The standard InChI is InChI=1S/C15H25N3O2S/c1-3-9-17-14-8-10-16-12-15(14)21(19,20)18-11-6-5-7-13(18)4-2/h8,10,12-13H,3-7,9,11H2,1-2H3,(H,16,17). The molecule has 1 aromatic rings. The molecule has 0 amide bonds. The van der Waals surface area contributed by atoms with Crippen LogP contribution in [-0.4, -0.2) is 36.8 Å². The van der Waals surface area contributed by atoms with Crippen molar-refractivity contribution in [1.82, 2.24) is 9.29 Å². The van der Waals surface area contributed by atoms with Gasteiger partial charge in [-0.2, -0.15) is 4.31 Å². The minimum absolute atomic E-state index is 0.114. The summed E-state index contributed by atoms with van der Waals surface area (Å²) < 4.78 is 27.6. The molecular formula is C15H25N3O2S. The normalized spacial score (nSPS) is 20.4. The highest BCUT2D eigenvalue weighted by Gasteiger charge is 2.34. The zero-order valence-electron chi connectivity index (χ0n) is 12.9. The van der Waals surface area contributed by atoms with Crippen LogP contribution in [0.4, 0.5) is 5.69 Å². The van der Waals surface area contributed by atoms with Crippen LogP contribution in [0.15, 0.2) is 23.4 Å². The summed E-state index contributed by atoms with van der Waals surface area (Å²) >= 11 is 0. The Kier molecular flexibility index (Phi) is 5.58. The highest BCUT2D eigenvalue weighted by Crippen LogP contribution is 2.30. The molecule has 0 radical (unpaired) electrons. The minimum Gasteiger partial charge on any atom is -0.384 e. The third kappa shape index (κ3) is 3.55. The molecule has 0 aromatic carbocycles. The SMILES string of the molecule is CCCNc1ccncc1S(=O)(=O)N1CCCCC1CC. The molecule has 1 aromatic heterocycles. The first-order chi connectivity index (χ1) is 10.1. The van der Waals surface area contributed by atoms with Gasteiger partial charge in [-0.3, -0.25) is 4.98 Å². The summed E-state index contributed by atoms with van der Waals surface area (Å²) in [5.41, 5.74) is 0.660. The second-order valence-electron chi connectivity index (χ2n) is 5.47. The Hall–Kier alpha value is -1.14. The lowest BCUT2D eigenvalue weighted by Crippen LogP contribution is -2.43. The van der Waals surface area contributed by atoms with Gasteiger partial charge in [-0.1, -0.05) is 20.3 Å². The van der Waals surface area contributed by atoms with E-state index in [1.54, 1.807) is 16.6 Å². The average Bonchev–Trinajstić information content (AvgIpc) is 2.53. The predicted octanol–water partition coefficient (Wildman–Crippen LogP) is 2.86. The third-order valence-corrected chi connectivity index (χ3v) is 5.96. The molecule has 6 heteroatoms. The highest BCUT2D eigenvalue weighted by atomic mass is 32.2. The van der Waals surface area contributed by atoms with Crippen molar-refractivity contribution >= 4 is 15.7 Å². The van der Waals surface area contributed by atoms with Crippen molar-refractivity contribution in [1.29, 1.82) is 0 Å². The topological polar surface area (TPSA) is 62.3 Å². The number of aromatic nitrogens is 1. The van der Waals surface area contributed by atoms with Gasteiger partial charge in [0.2, 0.25) is 10.0 Å². The number of hydrogen-bond donors (Lipinski definition) is 1. The number of sulfonamides is 1. The van der Waals surface area contributed by atoms with E-state index in [0.29, 0.717) is 17.1 Å². The lowest BCUT2D eigenvalue weighted by atomic mass is 10.0. The van der Waals surface area contributed by atoms with E-state index in [4.69, 9.17) is 0 Å². The molecule has 0 saturated carbocycles. The summed E-state index contributed by atoms with van der Waals surface area (Å²) in [4.78, 5) is 4.32. The van der Waals surface area contributed by atoms with E-state index in [2.05, 4.69) is 24.1 Å². The van der Waals surface area contributed by atoms with Crippen molar-refractivity contribution in [2.45, 2.75) is 56.9 Å². The molecule has 21 heavy (non-hydrogen) atoms. The Bertz CT molecular complexity index is 560. The van der Waals surface area contributed by atoms with Crippen LogP contribution in [0.3, 0.4) is 0 Å². The minimum atomic E-state index is -3.48. The van der Waals surface area contributed by atoms with Crippen molar-refractivity contribution < 1.29 is 8.42 Å². The van der Waals surface area contributed by atoms with Gasteiger partial charge in [0.1, 0.15) is 4.90 Å². The van der Waals surface area contributed by atoms with Crippen molar-refractivity contribution in [2.24, 2.45) is 0 Å². The average molecular weight is 311 g/mol. The molecule has 2 heterocycles. The quantitative estimate of drug-likeness (QED) is 0.877. The summed E-state index contributed by atoms with van der Waals surface area (Å²) in [6, 6.07) is 1.86. The second-order valence-corrected chi connectivity index (χ2v) is 7.33. The molecule has 5 nitrogen and oxygen atoms in total. The fourth-order valence-electron chi connectivity index (χ4n) is 2.82. The molecular weight excluding hydrogens is 286 g/mol. The number of anilines is 1. The Morgan fingerprint density at radius 3 is 2.90 bits per heavy atom. The lowest BCUT2D eigenvalue weighted by Gasteiger charge is -2.34. The maximum Gasteiger partial charge on any atom is 0.246 e. The highest BCUT2D eigenvalue weighted by molar-refractivity contribution is 7.89. The Morgan fingerprint density at radius 1 is 1.38 bits per heavy atom. The monoisotopic (exact) mass is 311 g/mol. The Morgan fingerprint density at radius 2 is 2.19 bits per heavy atom.